The molecule has 35 heavy (non-hydrogen) atoms. The van der Waals surface area contributed by atoms with E-state index in [1.807, 2.05) is 0 Å². The van der Waals surface area contributed by atoms with Crippen LogP contribution >= 0.6 is 0 Å². The summed E-state index contributed by atoms with van der Waals surface area (Å²) in [4.78, 5) is 23.4. The number of likely N-dealkylation sites (N-methyl/N-ethyl adjacent to an activating group) is 1. The normalized spacial score (nSPS) is 14.8. The smallest absolute Gasteiger partial charge is 0.345 e. The first kappa shape index (κ1) is 24.5. The fourth-order valence-electron chi connectivity index (χ4n) is 3.66. The molecule has 0 aliphatic carbocycles. The number of aromatic nitrogens is 2. The molecule has 0 spiro atoms. The van der Waals surface area contributed by atoms with E-state index in [1.54, 1.807) is 48.0 Å². The number of sulfonamides is 1. The van der Waals surface area contributed by atoms with Gasteiger partial charge < -0.3 is 9.80 Å². The van der Waals surface area contributed by atoms with Crippen LogP contribution in [0.4, 0.5) is 24.8 Å². The van der Waals surface area contributed by atoms with Crippen molar-refractivity contribution in [2.24, 2.45) is 0 Å². The van der Waals surface area contributed by atoms with Gasteiger partial charge in [0.1, 0.15) is 11.6 Å². The van der Waals surface area contributed by atoms with Crippen molar-refractivity contribution in [2.45, 2.75) is 18.1 Å². The van der Waals surface area contributed by atoms with E-state index >= 15 is 0 Å². The molecule has 1 aliphatic rings. The lowest BCUT2D eigenvalue weighted by molar-refractivity contribution is -0.137. The molecular weight excluding hydrogens is 483 g/mol. The molecule has 0 bridgehead atoms. The van der Waals surface area contributed by atoms with Crippen LogP contribution in [-0.2, 0) is 21.0 Å². The zero-order valence-electron chi connectivity index (χ0n) is 18.9. The summed E-state index contributed by atoms with van der Waals surface area (Å²) in [6, 6.07) is 12.5. The molecule has 184 valence electrons. The van der Waals surface area contributed by atoms with Crippen molar-refractivity contribution in [3.05, 3.63) is 65.7 Å². The molecule has 0 unspecified atom stereocenters. The number of nitrogens with one attached hydrogen (secondary N) is 1. The highest BCUT2D eigenvalue weighted by atomic mass is 32.2. The van der Waals surface area contributed by atoms with Gasteiger partial charge in [-0.3, -0.25) is 9.52 Å². The average molecular weight is 506 g/mol. The van der Waals surface area contributed by atoms with Crippen molar-refractivity contribution < 1.29 is 26.4 Å². The third-order valence-electron chi connectivity index (χ3n) is 5.61. The molecule has 4 rings (SSSR count). The van der Waals surface area contributed by atoms with Crippen LogP contribution < -0.4 is 9.62 Å². The van der Waals surface area contributed by atoms with Crippen LogP contribution in [0.2, 0.25) is 0 Å². The number of rotatable bonds is 5. The van der Waals surface area contributed by atoms with E-state index in [1.165, 1.54) is 18.2 Å². The van der Waals surface area contributed by atoms with Crippen LogP contribution in [0, 0.1) is 6.92 Å². The van der Waals surface area contributed by atoms with Gasteiger partial charge in [-0.2, -0.15) is 21.6 Å². The molecule has 1 aromatic carbocycles. The van der Waals surface area contributed by atoms with Gasteiger partial charge in [0.15, 0.2) is 5.03 Å². The number of hydrogen-bond acceptors (Lipinski definition) is 6. The van der Waals surface area contributed by atoms with Gasteiger partial charge in [0.05, 0.1) is 17.8 Å². The largest absolute Gasteiger partial charge is 0.418 e. The third-order valence-corrected chi connectivity index (χ3v) is 6.86. The number of amides is 1. The maximum absolute atomic E-state index is 13.7. The van der Waals surface area contributed by atoms with Gasteiger partial charge in [0.25, 0.3) is 10.0 Å². The molecule has 12 heteroatoms. The Balaban J connectivity index is 1.67. The molecule has 1 N–H and O–H groups in total. The molecule has 1 amide bonds. The Kier molecular flexibility index (Phi) is 6.41. The van der Waals surface area contributed by atoms with Crippen LogP contribution in [-0.4, -0.2) is 55.9 Å². The quantitative estimate of drug-likeness (QED) is 0.570. The molecular formula is C23H22F3N5O3S. The van der Waals surface area contributed by atoms with Crippen molar-refractivity contribution >= 4 is 27.6 Å². The molecule has 0 atom stereocenters. The summed E-state index contributed by atoms with van der Waals surface area (Å²) in [7, 11) is -2.60. The standard InChI is InChI=1S/C23H22F3N5O3S/c1-15-6-3-4-7-16(15)22-17(23(24,25)26)10-11-18(27-22)29-35(33,34)20-9-5-8-19(28-20)31-13-12-30(2)21(32)14-31/h3-11H,12-14H2,1-2H3,(H,27,29). The summed E-state index contributed by atoms with van der Waals surface area (Å²) in [5.41, 5.74) is -0.564. The van der Waals surface area contributed by atoms with Crippen molar-refractivity contribution in [3.8, 4) is 11.3 Å². The Bertz CT molecular complexity index is 1380. The van der Waals surface area contributed by atoms with E-state index in [9.17, 15) is 26.4 Å². The second kappa shape index (κ2) is 9.17. The summed E-state index contributed by atoms with van der Waals surface area (Å²) in [5.74, 6) is -0.101. The fraction of sp³-hybridized carbons (Fsp3) is 0.261. The zero-order valence-corrected chi connectivity index (χ0v) is 19.7. The molecule has 1 fully saturated rings. The minimum atomic E-state index is -4.68. The summed E-state index contributed by atoms with van der Waals surface area (Å²) in [6.07, 6.45) is -4.68. The molecule has 3 aromatic rings. The van der Waals surface area contributed by atoms with Gasteiger partial charge in [-0.25, -0.2) is 9.97 Å². The number of anilines is 2. The zero-order chi connectivity index (χ0) is 25.4. The van der Waals surface area contributed by atoms with Crippen LogP contribution in [0.3, 0.4) is 0 Å². The van der Waals surface area contributed by atoms with Gasteiger partial charge in [-0.05, 0) is 36.8 Å². The van der Waals surface area contributed by atoms with E-state index in [0.29, 0.717) is 24.5 Å². The highest BCUT2D eigenvalue weighted by Gasteiger charge is 2.35. The van der Waals surface area contributed by atoms with Gasteiger partial charge in [0, 0.05) is 25.7 Å². The Labute approximate surface area is 200 Å². The highest BCUT2D eigenvalue weighted by molar-refractivity contribution is 7.92. The van der Waals surface area contributed by atoms with Gasteiger partial charge in [-0.1, -0.05) is 30.3 Å². The number of hydrogen-bond donors (Lipinski definition) is 1. The lowest BCUT2D eigenvalue weighted by atomic mass is 10.0. The Hall–Kier alpha value is -3.67. The van der Waals surface area contributed by atoms with Gasteiger partial charge >= 0.3 is 6.18 Å². The number of alkyl halides is 3. The van der Waals surface area contributed by atoms with Crippen LogP contribution in [0.15, 0.2) is 59.6 Å². The Morgan fingerprint density at radius 3 is 2.40 bits per heavy atom. The maximum atomic E-state index is 13.7. The van der Waals surface area contributed by atoms with E-state index in [4.69, 9.17) is 0 Å². The predicted molar refractivity (Wildman–Crippen MR) is 124 cm³/mol. The highest BCUT2D eigenvalue weighted by Crippen LogP contribution is 2.38. The second-order valence-corrected chi connectivity index (χ2v) is 9.71. The first-order valence-corrected chi connectivity index (χ1v) is 12.1. The minimum Gasteiger partial charge on any atom is -0.345 e. The molecule has 8 nitrogen and oxygen atoms in total. The molecule has 3 heterocycles. The van der Waals surface area contributed by atoms with Crippen molar-refractivity contribution in [1.82, 2.24) is 14.9 Å². The van der Waals surface area contributed by atoms with Crippen molar-refractivity contribution in [2.75, 3.05) is 36.3 Å². The number of halogens is 3. The number of pyridine rings is 2. The van der Waals surface area contributed by atoms with Crippen molar-refractivity contribution in [1.29, 1.82) is 0 Å². The van der Waals surface area contributed by atoms with E-state index in [2.05, 4.69) is 14.7 Å². The lowest BCUT2D eigenvalue weighted by Gasteiger charge is -2.32. The average Bonchev–Trinajstić information content (AvgIpc) is 2.80. The Morgan fingerprint density at radius 2 is 1.71 bits per heavy atom. The Morgan fingerprint density at radius 1 is 0.971 bits per heavy atom. The number of aryl methyl sites for hydroxylation is 1. The van der Waals surface area contributed by atoms with E-state index in [-0.39, 0.29) is 34.6 Å². The van der Waals surface area contributed by atoms with E-state index in [0.717, 1.165) is 12.1 Å². The fourth-order valence-corrected chi connectivity index (χ4v) is 4.63. The minimum absolute atomic E-state index is 0.0562. The molecule has 0 radical (unpaired) electrons. The van der Waals surface area contributed by atoms with Gasteiger partial charge in [-0.15, -0.1) is 0 Å². The van der Waals surface area contributed by atoms with Crippen LogP contribution in [0.1, 0.15) is 11.1 Å². The molecule has 2 aromatic heterocycles. The number of carbonyl (C=O) groups excluding carboxylic acids is 1. The van der Waals surface area contributed by atoms with Gasteiger partial charge in [0.2, 0.25) is 5.91 Å². The molecule has 1 saturated heterocycles. The first-order chi connectivity index (χ1) is 16.5. The second-order valence-electron chi connectivity index (χ2n) is 8.08. The summed E-state index contributed by atoms with van der Waals surface area (Å²) < 4.78 is 69.2. The maximum Gasteiger partial charge on any atom is 0.418 e. The summed E-state index contributed by atoms with van der Waals surface area (Å²) >= 11 is 0. The topological polar surface area (TPSA) is 95.5 Å². The van der Waals surface area contributed by atoms with Crippen molar-refractivity contribution in [3.63, 3.8) is 0 Å². The summed E-state index contributed by atoms with van der Waals surface area (Å²) in [6.45, 7) is 2.65. The molecule has 1 aliphatic heterocycles. The predicted octanol–water partition coefficient (Wildman–Crippen LogP) is 3.55. The first-order valence-electron chi connectivity index (χ1n) is 10.6. The molecule has 0 saturated carbocycles. The number of nitrogens with zero attached hydrogens (tertiary/aromatic N) is 4. The number of carbonyl (C=O) groups is 1. The van der Waals surface area contributed by atoms with Crippen LogP contribution in [0.25, 0.3) is 11.3 Å². The lowest BCUT2D eigenvalue weighted by Crippen LogP contribution is -2.48. The number of piperazine rings is 1. The third kappa shape index (κ3) is 5.21. The monoisotopic (exact) mass is 505 g/mol. The van der Waals surface area contributed by atoms with E-state index < -0.39 is 21.8 Å². The summed E-state index contributed by atoms with van der Waals surface area (Å²) in [5, 5.41) is -0.347. The number of benzene rings is 1. The SMILES string of the molecule is Cc1ccccc1-c1nc(NS(=O)(=O)c2cccc(N3CCN(C)C(=O)C3)n2)ccc1C(F)(F)F. The van der Waals surface area contributed by atoms with Crippen LogP contribution in [0.5, 0.6) is 0 Å².